The van der Waals surface area contributed by atoms with Crippen LogP contribution < -0.4 is 4.72 Å². The van der Waals surface area contributed by atoms with E-state index in [1.54, 1.807) is 40.6 Å². The lowest BCUT2D eigenvalue weighted by Gasteiger charge is -2.22. The van der Waals surface area contributed by atoms with E-state index < -0.39 is 10.0 Å². The van der Waals surface area contributed by atoms with Gasteiger partial charge in [-0.15, -0.1) is 11.3 Å². The van der Waals surface area contributed by atoms with Gasteiger partial charge in [-0.3, -0.25) is 4.79 Å². The SMILES string of the molecule is CNS(=O)(=O)c1ccc(CN(Cc2ccccc2)C(=O)c2csc(Cc3c(Cl)cccc3Cl)n2)cc1. The second-order valence-corrected chi connectivity index (χ2v) is 11.6. The number of aromatic nitrogens is 1. The first-order valence-corrected chi connectivity index (χ1v) is 14.1. The Morgan fingerprint density at radius 3 is 2.14 bits per heavy atom. The van der Waals surface area contributed by atoms with Crippen LogP contribution in [0.1, 0.15) is 32.2 Å². The van der Waals surface area contributed by atoms with Gasteiger partial charge >= 0.3 is 0 Å². The monoisotopic (exact) mass is 559 g/mol. The topological polar surface area (TPSA) is 79.4 Å². The number of nitrogens with one attached hydrogen (secondary N) is 1. The molecule has 0 radical (unpaired) electrons. The molecule has 10 heteroatoms. The van der Waals surface area contributed by atoms with Crippen molar-refractivity contribution in [2.24, 2.45) is 0 Å². The van der Waals surface area contributed by atoms with Gasteiger partial charge in [0.2, 0.25) is 10.0 Å². The van der Waals surface area contributed by atoms with Crippen LogP contribution in [0, 0.1) is 0 Å². The number of rotatable bonds is 9. The standard InChI is InChI=1S/C26H23Cl2N3O3S2/c1-29-36(33,34)20-12-10-19(11-13-20)16-31(15-18-6-3-2-4-7-18)26(32)24-17-35-25(30-24)14-21-22(27)8-5-9-23(21)28/h2-13,17,29H,14-16H2,1H3. The first kappa shape index (κ1) is 26.3. The molecule has 4 aromatic rings. The van der Waals surface area contributed by atoms with Crippen molar-refractivity contribution >= 4 is 50.5 Å². The Balaban J connectivity index is 1.57. The molecule has 0 aliphatic rings. The van der Waals surface area contributed by atoms with Crippen LogP contribution in [0.5, 0.6) is 0 Å². The van der Waals surface area contributed by atoms with E-state index in [1.807, 2.05) is 30.3 Å². The number of carbonyl (C=O) groups is 1. The van der Waals surface area contributed by atoms with Crippen molar-refractivity contribution in [3.05, 3.63) is 116 Å². The minimum absolute atomic E-state index is 0.164. The maximum absolute atomic E-state index is 13.5. The van der Waals surface area contributed by atoms with E-state index in [2.05, 4.69) is 9.71 Å². The number of benzene rings is 3. The summed E-state index contributed by atoms with van der Waals surface area (Å²) in [6, 6.07) is 21.5. The summed E-state index contributed by atoms with van der Waals surface area (Å²) in [5.41, 5.74) is 2.88. The highest BCUT2D eigenvalue weighted by Crippen LogP contribution is 2.28. The number of nitrogens with zero attached hydrogens (tertiary/aromatic N) is 2. The van der Waals surface area contributed by atoms with E-state index in [9.17, 15) is 13.2 Å². The molecule has 0 aliphatic carbocycles. The van der Waals surface area contributed by atoms with Crippen molar-refractivity contribution in [1.29, 1.82) is 0 Å². The Bertz CT molecular complexity index is 1440. The summed E-state index contributed by atoms with van der Waals surface area (Å²) in [4.78, 5) is 20.0. The predicted octanol–water partition coefficient (Wildman–Crippen LogP) is 5.79. The van der Waals surface area contributed by atoms with E-state index in [1.165, 1.54) is 30.5 Å². The molecule has 0 atom stereocenters. The summed E-state index contributed by atoms with van der Waals surface area (Å²) < 4.78 is 26.4. The Hall–Kier alpha value is -2.75. The molecule has 0 aliphatic heterocycles. The predicted molar refractivity (Wildman–Crippen MR) is 144 cm³/mol. The lowest BCUT2D eigenvalue weighted by Crippen LogP contribution is -2.30. The first-order chi connectivity index (χ1) is 17.3. The quantitative estimate of drug-likeness (QED) is 0.281. The van der Waals surface area contributed by atoms with Gasteiger partial charge < -0.3 is 4.90 Å². The molecule has 6 nitrogen and oxygen atoms in total. The Kier molecular flexibility index (Phi) is 8.43. The van der Waals surface area contributed by atoms with E-state index in [-0.39, 0.29) is 17.3 Å². The van der Waals surface area contributed by atoms with Crippen LogP contribution in [0.15, 0.2) is 83.1 Å². The molecule has 0 bridgehead atoms. The van der Waals surface area contributed by atoms with Crippen LogP contribution in [-0.2, 0) is 29.5 Å². The van der Waals surface area contributed by atoms with Crippen molar-refractivity contribution < 1.29 is 13.2 Å². The van der Waals surface area contributed by atoms with Gasteiger partial charge in [0, 0.05) is 34.9 Å². The van der Waals surface area contributed by atoms with E-state index >= 15 is 0 Å². The van der Waals surface area contributed by atoms with Crippen molar-refractivity contribution in [2.45, 2.75) is 24.4 Å². The molecule has 0 unspecified atom stereocenters. The first-order valence-electron chi connectivity index (χ1n) is 11.0. The maximum Gasteiger partial charge on any atom is 0.273 e. The smallest absolute Gasteiger partial charge is 0.273 e. The molecule has 36 heavy (non-hydrogen) atoms. The van der Waals surface area contributed by atoms with E-state index in [4.69, 9.17) is 23.2 Å². The lowest BCUT2D eigenvalue weighted by molar-refractivity contribution is 0.0724. The molecule has 1 aromatic heterocycles. The maximum atomic E-state index is 13.5. The zero-order valence-electron chi connectivity index (χ0n) is 19.3. The molecular weight excluding hydrogens is 537 g/mol. The van der Waals surface area contributed by atoms with Gasteiger partial charge in [-0.1, -0.05) is 71.7 Å². The van der Waals surface area contributed by atoms with Crippen molar-refractivity contribution in [3.63, 3.8) is 0 Å². The third-order valence-corrected chi connectivity index (χ3v) is 8.53. The molecule has 0 fully saturated rings. The van der Waals surface area contributed by atoms with E-state index in [0.29, 0.717) is 28.7 Å². The van der Waals surface area contributed by atoms with Crippen LogP contribution >= 0.6 is 34.5 Å². The van der Waals surface area contributed by atoms with Gasteiger partial charge in [-0.25, -0.2) is 18.1 Å². The molecular formula is C26H23Cl2N3O3S2. The van der Waals surface area contributed by atoms with Gasteiger partial charge in [0.05, 0.1) is 9.90 Å². The molecule has 1 heterocycles. The summed E-state index contributed by atoms with van der Waals surface area (Å²) in [5.74, 6) is -0.224. The van der Waals surface area contributed by atoms with Crippen molar-refractivity contribution in [3.8, 4) is 0 Å². The van der Waals surface area contributed by atoms with E-state index in [0.717, 1.165) is 21.7 Å². The number of amides is 1. The summed E-state index contributed by atoms with van der Waals surface area (Å²) in [6.07, 6.45) is 0.427. The second-order valence-electron chi connectivity index (χ2n) is 8.00. The molecule has 0 saturated heterocycles. The number of hydrogen-bond donors (Lipinski definition) is 1. The van der Waals surface area contributed by atoms with Crippen molar-refractivity contribution in [2.75, 3.05) is 7.05 Å². The third-order valence-electron chi connectivity index (χ3n) is 5.54. The van der Waals surface area contributed by atoms with Gasteiger partial charge in [0.1, 0.15) is 5.69 Å². The number of sulfonamides is 1. The highest BCUT2D eigenvalue weighted by atomic mass is 35.5. The normalized spacial score (nSPS) is 11.4. The summed E-state index contributed by atoms with van der Waals surface area (Å²) in [5, 5.41) is 3.58. The fourth-order valence-corrected chi connectivity index (χ4v) is 5.66. The summed E-state index contributed by atoms with van der Waals surface area (Å²) in [6.45, 7) is 0.663. The van der Waals surface area contributed by atoms with Crippen LogP contribution in [0.4, 0.5) is 0 Å². The Morgan fingerprint density at radius 1 is 0.917 bits per heavy atom. The molecule has 4 rings (SSSR count). The van der Waals surface area contributed by atoms with Gasteiger partial charge in [0.15, 0.2) is 0 Å². The lowest BCUT2D eigenvalue weighted by atomic mass is 10.1. The molecule has 1 amide bonds. The highest BCUT2D eigenvalue weighted by Gasteiger charge is 2.21. The third kappa shape index (κ3) is 6.32. The van der Waals surface area contributed by atoms with Crippen LogP contribution in [-0.4, -0.2) is 31.3 Å². The van der Waals surface area contributed by atoms with Crippen LogP contribution in [0.2, 0.25) is 10.0 Å². The van der Waals surface area contributed by atoms with Crippen LogP contribution in [0.3, 0.4) is 0 Å². The number of carbonyl (C=O) groups excluding carboxylic acids is 1. The second kappa shape index (κ2) is 11.5. The molecule has 3 aromatic carbocycles. The minimum atomic E-state index is -3.54. The average molecular weight is 561 g/mol. The van der Waals surface area contributed by atoms with Gasteiger partial charge in [-0.05, 0) is 48.0 Å². The van der Waals surface area contributed by atoms with Gasteiger partial charge in [-0.2, -0.15) is 0 Å². The fourth-order valence-electron chi connectivity index (χ4n) is 3.62. The molecule has 0 saturated carbocycles. The minimum Gasteiger partial charge on any atom is -0.329 e. The molecule has 1 N–H and O–H groups in total. The Morgan fingerprint density at radius 2 is 1.53 bits per heavy atom. The molecule has 186 valence electrons. The van der Waals surface area contributed by atoms with Crippen LogP contribution in [0.25, 0.3) is 0 Å². The molecule has 0 spiro atoms. The fraction of sp³-hybridized carbons (Fsp3) is 0.154. The largest absolute Gasteiger partial charge is 0.329 e. The van der Waals surface area contributed by atoms with Crippen molar-refractivity contribution in [1.82, 2.24) is 14.6 Å². The number of hydrogen-bond acceptors (Lipinski definition) is 5. The zero-order chi connectivity index (χ0) is 25.7. The summed E-state index contributed by atoms with van der Waals surface area (Å²) >= 11 is 14.0. The number of halogens is 2. The van der Waals surface area contributed by atoms with Gasteiger partial charge in [0.25, 0.3) is 5.91 Å². The Labute approximate surface area is 224 Å². The average Bonchev–Trinajstić information content (AvgIpc) is 3.35. The number of thiazole rings is 1. The zero-order valence-corrected chi connectivity index (χ0v) is 22.5. The highest BCUT2D eigenvalue weighted by molar-refractivity contribution is 7.89. The summed E-state index contributed by atoms with van der Waals surface area (Å²) in [7, 11) is -2.17.